The van der Waals surface area contributed by atoms with Gasteiger partial charge in [-0.3, -0.25) is 9.59 Å². The van der Waals surface area contributed by atoms with Crippen LogP contribution in [0, 0.1) is 13.8 Å². The molecule has 2 aromatic carbocycles. The molecule has 3 rings (SSSR count). The van der Waals surface area contributed by atoms with Gasteiger partial charge in [0.1, 0.15) is 17.2 Å². The van der Waals surface area contributed by atoms with Crippen molar-refractivity contribution in [2.24, 2.45) is 0 Å². The van der Waals surface area contributed by atoms with Gasteiger partial charge in [0.2, 0.25) is 0 Å². The molecule has 0 bridgehead atoms. The number of nitrogens with one attached hydrogen (secondary N) is 1. The molecule has 134 valence electrons. The SMILES string of the molecule is COc1ccc(C)cc1NC1=CC(=O)N(c2cc(C)ccc2OC)C1=O. The number of ether oxygens (including phenoxy) is 2. The Hall–Kier alpha value is -3.28. The fraction of sp³-hybridized carbons (Fsp3) is 0.200. The number of methoxy groups -OCH3 is 2. The van der Waals surface area contributed by atoms with Crippen molar-refractivity contribution in [3.63, 3.8) is 0 Å². The smallest absolute Gasteiger partial charge is 0.282 e. The van der Waals surface area contributed by atoms with Crippen LogP contribution in [-0.4, -0.2) is 26.0 Å². The molecule has 0 fully saturated rings. The number of amides is 2. The molecule has 0 unspecified atom stereocenters. The molecule has 2 aromatic rings. The molecule has 0 atom stereocenters. The number of hydrogen-bond donors (Lipinski definition) is 1. The van der Waals surface area contributed by atoms with E-state index >= 15 is 0 Å². The van der Waals surface area contributed by atoms with E-state index in [1.54, 1.807) is 25.3 Å². The molecule has 0 saturated heterocycles. The fourth-order valence-corrected chi connectivity index (χ4v) is 2.83. The van der Waals surface area contributed by atoms with Crippen LogP contribution < -0.4 is 19.7 Å². The Morgan fingerprint density at radius 1 is 0.885 bits per heavy atom. The second-order valence-corrected chi connectivity index (χ2v) is 6.04. The number of anilines is 2. The second kappa shape index (κ2) is 6.92. The number of imide groups is 1. The Bertz CT molecular complexity index is 918. The number of hydrogen-bond acceptors (Lipinski definition) is 5. The Morgan fingerprint density at radius 3 is 2.15 bits per heavy atom. The van der Waals surface area contributed by atoms with Crippen LogP contribution >= 0.6 is 0 Å². The topological polar surface area (TPSA) is 67.9 Å². The average Bonchev–Trinajstić information content (AvgIpc) is 2.88. The van der Waals surface area contributed by atoms with Crippen molar-refractivity contribution < 1.29 is 19.1 Å². The van der Waals surface area contributed by atoms with Crippen LogP contribution in [0.3, 0.4) is 0 Å². The number of carbonyl (C=O) groups is 2. The molecule has 6 heteroatoms. The zero-order chi connectivity index (χ0) is 18.8. The van der Waals surface area contributed by atoms with E-state index in [9.17, 15) is 9.59 Å². The molecule has 1 aliphatic heterocycles. The van der Waals surface area contributed by atoms with Crippen LogP contribution in [-0.2, 0) is 9.59 Å². The summed E-state index contributed by atoms with van der Waals surface area (Å²) in [6.07, 6.45) is 1.28. The van der Waals surface area contributed by atoms with Gasteiger partial charge >= 0.3 is 0 Å². The molecule has 0 aliphatic carbocycles. The Morgan fingerprint density at radius 2 is 1.50 bits per heavy atom. The third-order valence-corrected chi connectivity index (χ3v) is 4.12. The summed E-state index contributed by atoms with van der Waals surface area (Å²) in [5.41, 5.74) is 3.15. The van der Waals surface area contributed by atoms with Gasteiger partial charge in [-0.25, -0.2) is 4.90 Å². The van der Waals surface area contributed by atoms with E-state index in [-0.39, 0.29) is 5.70 Å². The van der Waals surface area contributed by atoms with Crippen molar-refractivity contribution in [1.29, 1.82) is 0 Å². The molecule has 0 aromatic heterocycles. The van der Waals surface area contributed by atoms with Crippen molar-refractivity contribution in [1.82, 2.24) is 0 Å². The van der Waals surface area contributed by atoms with Crippen molar-refractivity contribution >= 4 is 23.2 Å². The summed E-state index contributed by atoms with van der Waals surface area (Å²) in [6, 6.07) is 10.9. The molecular weight excluding hydrogens is 332 g/mol. The third-order valence-electron chi connectivity index (χ3n) is 4.12. The molecule has 0 radical (unpaired) electrons. The number of nitrogens with zero attached hydrogens (tertiary/aromatic N) is 1. The lowest BCUT2D eigenvalue weighted by Gasteiger charge is -2.19. The standard InChI is InChI=1S/C20H20N2O4/c1-12-5-7-17(25-3)14(9-12)21-15-11-19(23)22(20(15)24)16-10-13(2)6-8-18(16)26-4/h5-11,21H,1-4H3. The summed E-state index contributed by atoms with van der Waals surface area (Å²) in [5.74, 6) is 0.180. The van der Waals surface area contributed by atoms with E-state index < -0.39 is 11.8 Å². The van der Waals surface area contributed by atoms with Gasteiger partial charge < -0.3 is 14.8 Å². The van der Waals surface area contributed by atoms with Gasteiger partial charge in [0.05, 0.1) is 25.6 Å². The van der Waals surface area contributed by atoms with E-state index in [4.69, 9.17) is 9.47 Å². The van der Waals surface area contributed by atoms with Crippen LogP contribution in [0.1, 0.15) is 11.1 Å². The lowest BCUT2D eigenvalue weighted by atomic mass is 10.2. The molecule has 26 heavy (non-hydrogen) atoms. The van der Waals surface area contributed by atoms with Crippen LogP contribution in [0.15, 0.2) is 48.2 Å². The molecule has 6 nitrogen and oxygen atoms in total. The molecule has 0 saturated carbocycles. The Labute approximate surface area is 152 Å². The molecule has 1 heterocycles. The molecule has 0 spiro atoms. The highest BCUT2D eigenvalue weighted by Crippen LogP contribution is 2.34. The number of aryl methyl sites for hydroxylation is 2. The van der Waals surface area contributed by atoms with Crippen LogP contribution in [0.5, 0.6) is 11.5 Å². The minimum absolute atomic E-state index is 0.183. The summed E-state index contributed by atoms with van der Waals surface area (Å²) in [7, 11) is 3.05. The van der Waals surface area contributed by atoms with Crippen molar-refractivity contribution in [3.05, 3.63) is 59.3 Å². The Balaban J connectivity index is 1.94. The van der Waals surface area contributed by atoms with Gasteiger partial charge in [0.25, 0.3) is 11.8 Å². The van der Waals surface area contributed by atoms with Crippen molar-refractivity contribution in [2.45, 2.75) is 13.8 Å². The first-order valence-corrected chi connectivity index (χ1v) is 8.11. The number of benzene rings is 2. The zero-order valence-electron chi connectivity index (χ0n) is 15.1. The quantitative estimate of drug-likeness (QED) is 0.837. The molecule has 1 aliphatic rings. The highest BCUT2D eigenvalue weighted by molar-refractivity contribution is 6.31. The largest absolute Gasteiger partial charge is 0.495 e. The first kappa shape index (κ1) is 17.5. The van der Waals surface area contributed by atoms with E-state index in [0.29, 0.717) is 22.9 Å². The number of carbonyl (C=O) groups excluding carboxylic acids is 2. The lowest BCUT2D eigenvalue weighted by Crippen LogP contribution is -2.32. The zero-order valence-corrected chi connectivity index (χ0v) is 15.1. The summed E-state index contributed by atoms with van der Waals surface area (Å²) in [5, 5.41) is 3.02. The number of rotatable bonds is 5. The summed E-state index contributed by atoms with van der Waals surface area (Å²) >= 11 is 0. The van der Waals surface area contributed by atoms with Crippen molar-refractivity contribution in [3.8, 4) is 11.5 Å². The maximum atomic E-state index is 12.9. The highest BCUT2D eigenvalue weighted by Gasteiger charge is 2.34. The van der Waals surface area contributed by atoms with Crippen LogP contribution in [0.4, 0.5) is 11.4 Å². The lowest BCUT2D eigenvalue weighted by molar-refractivity contribution is -0.120. The maximum Gasteiger partial charge on any atom is 0.282 e. The van der Waals surface area contributed by atoms with Gasteiger partial charge in [0, 0.05) is 6.08 Å². The van der Waals surface area contributed by atoms with Gasteiger partial charge in [-0.05, 0) is 49.2 Å². The minimum Gasteiger partial charge on any atom is -0.495 e. The highest BCUT2D eigenvalue weighted by atomic mass is 16.5. The fourth-order valence-electron chi connectivity index (χ4n) is 2.83. The maximum absolute atomic E-state index is 12.9. The normalized spacial score (nSPS) is 13.7. The minimum atomic E-state index is -0.442. The van der Waals surface area contributed by atoms with Crippen LogP contribution in [0.25, 0.3) is 0 Å². The average molecular weight is 352 g/mol. The molecule has 1 N–H and O–H groups in total. The molecular formula is C20H20N2O4. The van der Waals surface area contributed by atoms with Gasteiger partial charge in [-0.1, -0.05) is 12.1 Å². The predicted octanol–water partition coefficient (Wildman–Crippen LogP) is 3.19. The van der Waals surface area contributed by atoms with Gasteiger partial charge in [-0.2, -0.15) is 0 Å². The summed E-state index contributed by atoms with van der Waals surface area (Å²) < 4.78 is 10.6. The Kier molecular flexibility index (Phi) is 4.67. The second-order valence-electron chi connectivity index (χ2n) is 6.04. The van der Waals surface area contributed by atoms with E-state index in [1.165, 1.54) is 13.2 Å². The van der Waals surface area contributed by atoms with E-state index in [0.717, 1.165) is 16.0 Å². The van der Waals surface area contributed by atoms with Crippen molar-refractivity contribution in [2.75, 3.05) is 24.4 Å². The summed E-state index contributed by atoms with van der Waals surface area (Å²) in [6.45, 7) is 3.82. The first-order valence-electron chi connectivity index (χ1n) is 8.11. The first-order chi connectivity index (χ1) is 12.4. The van der Waals surface area contributed by atoms with E-state index in [1.807, 2.05) is 32.0 Å². The van der Waals surface area contributed by atoms with Gasteiger partial charge in [-0.15, -0.1) is 0 Å². The predicted molar refractivity (Wildman–Crippen MR) is 99.7 cm³/mol. The monoisotopic (exact) mass is 352 g/mol. The third kappa shape index (κ3) is 3.13. The van der Waals surface area contributed by atoms with E-state index in [2.05, 4.69) is 5.32 Å². The van der Waals surface area contributed by atoms with Crippen LogP contribution in [0.2, 0.25) is 0 Å². The van der Waals surface area contributed by atoms with Gasteiger partial charge in [0.15, 0.2) is 0 Å². The molecule has 2 amide bonds. The summed E-state index contributed by atoms with van der Waals surface area (Å²) in [4.78, 5) is 26.5.